The topological polar surface area (TPSA) is 41.6 Å². The number of para-hydroxylation sites is 2. The Morgan fingerprint density at radius 2 is 1.64 bits per heavy atom. The lowest BCUT2D eigenvalue weighted by atomic mass is 9.95. The zero-order valence-electron chi connectivity index (χ0n) is 12.9. The van der Waals surface area contributed by atoms with Gasteiger partial charge in [-0.25, -0.2) is 4.57 Å². The summed E-state index contributed by atoms with van der Waals surface area (Å²) in [6, 6.07) is 19.3. The van der Waals surface area contributed by atoms with Crippen molar-refractivity contribution in [1.82, 2.24) is 0 Å². The summed E-state index contributed by atoms with van der Waals surface area (Å²) in [5, 5.41) is 3.10. The maximum Gasteiger partial charge on any atom is 0.394 e. The van der Waals surface area contributed by atoms with Crippen molar-refractivity contribution in [3.05, 3.63) is 60.7 Å². The van der Waals surface area contributed by atoms with Crippen LogP contribution in [0.15, 0.2) is 60.7 Å². The highest BCUT2D eigenvalue weighted by molar-refractivity contribution is 7.62. The second-order valence-corrected chi connectivity index (χ2v) is 8.33. The fourth-order valence-corrected chi connectivity index (χ4v) is 4.82. The van der Waals surface area contributed by atoms with Crippen molar-refractivity contribution in [2.24, 2.45) is 5.41 Å². The standard InChI is InChI=1S/C17H21N2O2P/c1-17(2)13-19(16-11-7-4-8-12-16)22(20,21-14-17)18-15-9-5-3-6-10-15/h3-12H,13-14H2,1-2H3,(H,18,20). The average molecular weight is 316 g/mol. The van der Waals surface area contributed by atoms with E-state index in [9.17, 15) is 4.57 Å². The van der Waals surface area contributed by atoms with E-state index < -0.39 is 7.67 Å². The van der Waals surface area contributed by atoms with E-state index in [0.29, 0.717) is 13.2 Å². The molecule has 22 heavy (non-hydrogen) atoms. The highest BCUT2D eigenvalue weighted by Gasteiger charge is 2.42. The summed E-state index contributed by atoms with van der Waals surface area (Å²) in [5.74, 6) is 0. The quantitative estimate of drug-likeness (QED) is 0.828. The molecule has 0 aromatic heterocycles. The van der Waals surface area contributed by atoms with E-state index in [1.807, 2.05) is 65.3 Å². The van der Waals surface area contributed by atoms with Crippen LogP contribution in [0.4, 0.5) is 11.4 Å². The van der Waals surface area contributed by atoms with Gasteiger partial charge in [-0.05, 0) is 24.3 Å². The van der Waals surface area contributed by atoms with E-state index in [2.05, 4.69) is 18.9 Å². The molecule has 0 amide bonds. The van der Waals surface area contributed by atoms with E-state index in [1.54, 1.807) is 0 Å². The average Bonchev–Trinajstić information content (AvgIpc) is 2.52. The number of anilines is 2. The van der Waals surface area contributed by atoms with Crippen molar-refractivity contribution in [3.8, 4) is 0 Å². The number of benzene rings is 2. The summed E-state index contributed by atoms with van der Waals surface area (Å²) in [6.07, 6.45) is 0. The van der Waals surface area contributed by atoms with Crippen LogP contribution in [0, 0.1) is 5.41 Å². The zero-order chi connectivity index (χ0) is 15.6. The molecule has 3 rings (SSSR count). The van der Waals surface area contributed by atoms with Crippen molar-refractivity contribution in [1.29, 1.82) is 0 Å². The van der Waals surface area contributed by atoms with E-state index in [0.717, 1.165) is 11.4 Å². The van der Waals surface area contributed by atoms with Crippen molar-refractivity contribution in [3.63, 3.8) is 0 Å². The lowest BCUT2D eigenvalue weighted by molar-refractivity contribution is 0.167. The first-order valence-corrected chi connectivity index (χ1v) is 8.97. The van der Waals surface area contributed by atoms with Crippen molar-refractivity contribution >= 4 is 19.0 Å². The number of hydrogen-bond donors (Lipinski definition) is 1. The molecule has 1 fully saturated rings. The number of rotatable bonds is 3. The maximum absolute atomic E-state index is 13.4. The van der Waals surface area contributed by atoms with Gasteiger partial charge in [0.15, 0.2) is 0 Å². The predicted octanol–water partition coefficient (Wildman–Crippen LogP) is 4.77. The van der Waals surface area contributed by atoms with Gasteiger partial charge in [-0.3, -0.25) is 14.3 Å². The summed E-state index contributed by atoms with van der Waals surface area (Å²) in [6.45, 7) is 5.38. The summed E-state index contributed by atoms with van der Waals surface area (Å²) in [5.41, 5.74) is 1.65. The van der Waals surface area contributed by atoms with Crippen LogP contribution in [0.2, 0.25) is 0 Å². The van der Waals surface area contributed by atoms with E-state index >= 15 is 0 Å². The third kappa shape index (κ3) is 3.18. The molecule has 1 unspecified atom stereocenters. The summed E-state index contributed by atoms with van der Waals surface area (Å²) < 4.78 is 21.1. The molecule has 4 nitrogen and oxygen atoms in total. The van der Waals surface area contributed by atoms with Crippen molar-refractivity contribution in [2.45, 2.75) is 13.8 Å². The molecular formula is C17H21N2O2P. The third-order valence-corrected chi connectivity index (χ3v) is 5.65. The maximum atomic E-state index is 13.4. The molecule has 0 spiro atoms. The van der Waals surface area contributed by atoms with Crippen LogP contribution in [0.5, 0.6) is 0 Å². The Morgan fingerprint density at radius 1 is 1.05 bits per heavy atom. The first-order chi connectivity index (χ1) is 10.5. The molecule has 116 valence electrons. The Morgan fingerprint density at radius 3 is 2.27 bits per heavy atom. The Hall–Kier alpha value is -1.77. The van der Waals surface area contributed by atoms with Gasteiger partial charge in [-0.1, -0.05) is 50.2 Å². The number of nitrogens with one attached hydrogen (secondary N) is 1. The fourth-order valence-electron chi connectivity index (χ4n) is 2.49. The van der Waals surface area contributed by atoms with Crippen molar-refractivity contribution in [2.75, 3.05) is 22.9 Å². The van der Waals surface area contributed by atoms with Crippen LogP contribution in [0.1, 0.15) is 13.8 Å². The van der Waals surface area contributed by atoms with Crippen LogP contribution >= 0.6 is 7.67 Å². The van der Waals surface area contributed by atoms with E-state index in [-0.39, 0.29) is 5.41 Å². The van der Waals surface area contributed by atoms with Crippen LogP contribution in [-0.4, -0.2) is 13.2 Å². The fraction of sp³-hybridized carbons (Fsp3) is 0.294. The van der Waals surface area contributed by atoms with Crippen LogP contribution < -0.4 is 9.76 Å². The third-order valence-electron chi connectivity index (χ3n) is 3.62. The first-order valence-electron chi connectivity index (χ1n) is 7.40. The SMILES string of the molecule is CC1(C)COP(=O)(Nc2ccccc2)N(c2ccccc2)C1. The summed E-state index contributed by atoms with van der Waals surface area (Å²) in [7, 11) is -3.16. The Kier molecular flexibility index (Phi) is 3.98. The molecule has 0 aliphatic carbocycles. The Bertz CT molecular complexity index is 674. The molecule has 1 aliphatic rings. The van der Waals surface area contributed by atoms with Gasteiger partial charge in [0.05, 0.1) is 6.61 Å². The Labute approximate surface area is 131 Å². The van der Waals surface area contributed by atoms with E-state index in [4.69, 9.17) is 4.52 Å². The second-order valence-electron chi connectivity index (χ2n) is 6.33. The van der Waals surface area contributed by atoms with Gasteiger partial charge in [0.25, 0.3) is 0 Å². The molecule has 1 atom stereocenters. The largest absolute Gasteiger partial charge is 0.394 e. The van der Waals surface area contributed by atoms with Gasteiger partial charge < -0.3 is 0 Å². The van der Waals surface area contributed by atoms with Crippen LogP contribution in [-0.2, 0) is 9.09 Å². The van der Waals surface area contributed by atoms with E-state index in [1.165, 1.54) is 0 Å². The summed E-state index contributed by atoms with van der Waals surface area (Å²) >= 11 is 0. The smallest absolute Gasteiger partial charge is 0.298 e. The Balaban J connectivity index is 1.95. The molecular weight excluding hydrogens is 295 g/mol. The highest BCUT2D eigenvalue weighted by Crippen LogP contribution is 2.57. The molecule has 0 saturated carbocycles. The highest BCUT2D eigenvalue weighted by atomic mass is 31.2. The first kappa shape index (κ1) is 15.1. The molecule has 5 heteroatoms. The number of hydrogen-bond acceptors (Lipinski definition) is 2. The minimum absolute atomic E-state index is 0.0535. The van der Waals surface area contributed by atoms with Gasteiger partial charge in [0, 0.05) is 23.3 Å². The number of nitrogens with zero attached hydrogens (tertiary/aromatic N) is 1. The van der Waals surface area contributed by atoms with Crippen LogP contribution in [0.25, 0.3) is 0 Å². The molecule has 1 N–H and O–H groups in total. The molecule has 1 aliphatic heterocycles. The normalized spacial score (nSPS) is 24.0. The van der Waals surface area contributed by atoms with Gasteiger partial charge in [0.1, 0.15) is 0 Å². The van der Waals surface area contributed by atoms with Crippen molar-refractivity contribution < 1.29 is 9.09 Å². The molecule has 2 aromatic rings. The zero-order valence-corrected chi connectivity index (χ0v) is 13.8. The predicted molar refractivity (Wildman–Crippen MR) is 91.2 cm³/mol. The second kappa shape index (κ2) is 5.79. The summed E-state index contributed by atoms with van der Waals surface area (Å²) in [4.78, 5) is 0. The minimum atomic E-state index is -3.16. The monoisotopic (exact) mass is 316 g/mol. The molecule has 2 aromatic carbocycles. The lowest BCUT2D eigenvalue weighted by Crippen LogP contribution is -2.42. The van der Waals surface area contributed by atoms with Crippen LogP contribution in [0.3, 0.4) is 0 Å². The van der Waals surface area contributed by atoms with Gasteiger partial charge >= 0.3 is 7.67 Å². The van der Waals surface area contributed by atoms with Gasteiger partial charge in [-0.15, -0.1) is 0 Å². The molecule has 1 heterocycles. The molecule has 0 radical (unpaired) electrons. The molecule has 1 saturated heterocycles. The van der Waals surface area contributed by atoms with Gasteiger partial charge in [-0.2, -0.15) is 0 Å². The lowest BCUT2D eigenvalue weighted by Gasteiger charge is -2.43. The minimum Gasteiger partial charge on any atom is -0.298 e. The molecule has 0 bridgehead atoms. The van der Waals surface area contributed by atoms with Gasteiger partial charge in [0.2, 0.25) is 0 Å².